The SMILES string of the molecule is N#CC1=CCCC(c2ccn(-c3ccnc4[nH]ccc34)n2)=C1. The molecule has 0 saturated carbocycles. The highest BCUT2D eigenvalue weighted by atomic mass is 15.3. The average Bonchev–Trinajstić information content (AvgIpc) is 3.23. The van der Waals surface area contributed by atoms with Gasteiger partial charge >= 0.3 is 0 Å². The quantitative estimate of drug-likeness (QED) is 0.785. The fourth-order valence-electron chi connectivity index (χ4n) is 2.76. The molecule has 0 bridgehead atoms. The van der Waals surface area contributed by atoms with Crippen molar-refractivity contribution in [3.05, 3.63) is 60.2 Å². The van der Waals surface area contributed by atoms with Gasteiger partial charge in [0.2, 0.25) is 0 Å². The topological polar surface area (TPSA) is 70.3 Å². The van der Waals surface area contributed by atoms with E-state index in [2.05, 4.69) is 21.1 Å². The Balaban J connectivity index is 1.76. The molecule has 0 saturated heterocycles. The highest BCUT2D eigenvalue weighted by molar-refractivity contribution is 5.84. The van der Waals surface area contributed by atoms with E-state index in [-0.39, 0.29) is 0 Å². The molecule has 5 heteroatoms. The Bertz CT molecular complexity index is 949. The van der Waals surface area contributed by atoms with E-state index in [1.807, 2.05) is 47.4 Å². The number of rotatable bonds is 2. The number of aromatic amines is 1. The van der Waals surface area contributed by atoms with Crippen LogP contribution in [0.15, 0.2) is 54.5 Å². The lowest BCUT2D eigenvalue weighted by molar-refractivity contribution is 0.872. The molecule has 0 atom stereocenters. The van der Waals surface area contributed by atoms with Crippen LogP contribution < -0.4 is 0 Å². The summed E-state index contributed by atoms with van der Waals surface area (Å²) in [5.41, 5.74) is 4.58. The molecule has 0 aliphatic heterocycles. The number of allylic oxidation sites excluding steroid dienone is 4. The van der Waals surface area contributed by atoms with E-state index in [0.717, 1.165) is 40.8 Å². The third-order valence-electron chi connectivity index (χ3n) is 3.84. The van der Waals surface area contributed by atoms with Crippen molar-refractivity contribution in [1.29, 1.82) is 5.26 Å². The molecule has 0 unspecified atom stereocenters. The number of H-pyrrole nitrogens is 1. The summed E-state index contributed by atoms with van der Waals surface area (Å²) in [4.78, 5) is 7.40. The second kappa shape index (κ2) is 5.01. The molecule has 1 aliphatic carbocycles. The van der Waals surface area contributed by atoms with Crippen LogP contribution in [0.25, 0.3) is 22.3 Å². The van der Waals surface area contributed by atoms with Crippen LogP contribution in [0.4, 0.5) is 0 Å². The summed E-state index contributed by atoms with van der Waals surface area (Å²) in [6, 6.07) is 8.13. The van der Waals surface area contributed by atoms with Gasteiger partial charge < -0.3 is 4.98 Å². The second-order valence-electron chi connectivity index (χ2n) is 5.20. The van der Waals surface area contributed by atoms with Gasteiger partial charge in [0.05, 0.1) is 17.5 Å². The summed E-state index contributed by atoms with van der Waals surface area (Å²) in [5, 5.41) is 14.7. The van der Waals surface area contributed by atoms with Crippen molar-refractivity contribution >= 4 is 16.6 Å². The first-order valence-electron chi connectivity index (χ1n) is 7.14. The van der Waals surface area contributed by atoms with Crippen molar-refractivity contribution < 1.29 is 0 Å². The fourth-order valence-corrected chi connectivity index (χ4v) is 2.76. The van der Waals surface area contributed by atoms with Crippen LogP contribution in [0.5, 0.6) is 0 Å². The van der Waals surface area contributed by atoms with Gasteiger partial charge in [0.15, 0.2) is 0 Å². The zero-order valence-corrected chi connectivity index (χ0v) is 11.8. The largest absolute Gasteiger partial charge is 0.346 e. The molecule has 3 aromatic heterocycles. The van der Waals surface area contributed by atoms with Gasteiger partial charge in [-0.05, 0) is 42.7 Å². The van der Waals surface area contributed by atoms with Crippen LogP contribution in [-0.2, 0) is 0 Å². The monoisotopic (exact) mass is 287 g/mol. The molecule has 0 fully saturated rings. The van der Waals surface area contributed by atoms with Crippen molar-refractivity contribution in [1.82, 2.24) is 19.7 Å². The van der Waals surface area contributed by atoms with Crippen LogP contribution >= 0.6 is 0 Å². The number of nitrogens with zero attached hydrogens (tertiary/aromatic N) is 4. The molecule has 0 amide bonds. The van der Waals surface area contributed by atoms with Crippen molar-refractivity contribution in [3.63, 3.8) is 0 Å². The van der Waals surface area contributed by atoms with Gasteiger partial charge in [-0.3, -0.25) is 0 Å². The van der Waals surface area contributed by atoms with Gasteiger partial charge in [0.25, 0.3) is 0 Å². The molecule has 22 heavy (non-hydrogen) atoms. The second-order valence-corrected chi connectivity index (χ2v) is 5.20. The van der Waals surface area contributed by atoms with Crippen molar-refractivity contribution in [2.75, 3.05) is 0 Å². The van der Waals surface area contributed by atoms with Crippen molar-refractivity contribution in [2.24, 2.45) is 0 Å². The van der Waals surface area contributed by atoms with Crippen LogP contribution in [0, 0.1) is 11.3 Å². The van der Waals surface area contributed by atoms with Gasteiger partial charge in [-0.15, -0.1) is 0 Å². The highest BCUT2D eigenvalue weighted by Crippen LogP contribution is 2.26. The summed E-state index contributed by atoms with van der Waals surface area (Å²) in [5.74, 6) is 0. The number of pyridine rings is 1. The highest BCUT2D eigenvalue weighted by Gasteiger charge is 2.12. The lowest BCUT2D eigenvalue weighted by atomic mass is 9.98. The third-order valence-corrected chi connectivity index (χ3v) is 3.84. The molecular weight excluding hydrogens is 274 g/mol. The molecular formula is C17H13N5. The molecule has 1 aliphatic rings. The summed E-state index contributed by atoms with van der Waals surface area (Å²) in [6.07, 6.45) is 11.3. The van der Waals surface area contributed by atoms with E-state index in [0.29, 0.717) is 5.57 Å². The van der Waals surface area contributed by atoms with Gasteiger partial charge in [0.1, 0.15) is 5.65 Å². The predicted molar refractivity (Wildman–Crippen MR) is 84.1 cm³/mol. The van der Waals surface area contributed by atoms with E-state index in [4.69, 9.17) is 5.26 Å². The van der Waals surface area contributed by atoms with Gasteiger partial charge in [-0.25, -0.2) is 9.67 Å². The zero-order valence-electron chi connectivity index (χ0n) is 11.8. The summed E-state index contributed by atoms with van der Waals surface area (Å²) in [7, 11) is 0. The van der Waals surface area contributed by atoms with E-state index < -0.39 is 0 Å². The molecule has 3 aromatic rings. The number of hydrogen-bond acceptors (Lipinski definition) is 3. The van der Waals surface area contributed by atoms with Gasteiger partial charge in [0, 0.05) is 29.5 Å². The Hall–Kier alpha value is -3.13. The number of nitriles is 1. The summed E-state index contributed by atoms with van der Waals surface area (Å²) < 4.78 is 1.86. The standard InChI is InChI=1S/C17H13N5/c18-11-12-2-1-3-13(10-12)15-6-9-22(21-15)16-5-8-20-17-14(16)4-7-19-17/h2,4-10H,1,3H2,(H,19,20). The van der Waals surface area contributed by atoms with Crippen molar-refractivity contribution in [3.8, 4) is 11.8 Å². The molecule has 0 spiro atoms. The van der Waals surface area contributed by atoms with E-state index in [1.54, 1.807) is 6.20 Å². The number of hydrogen-bond donors (Lipinski definition) is 1. The maximum Gasteiger partial charge on any atom is 0.139 e. The third kappa shape index (κ3) is 2.02. The van der Waals surface area contributed by atoms with Crippen molar-refractivity contribution in [2.45, 2.75) is 12.8 Å². The predicted octanol–water partition coefficient (Wildman–Crippen LogP) is 3.38. The number of nitrogens with one attached hydrogen (secondary N) is 1. The number of aromatic nitrogens is 4. The first kappa shape index (κ1) is 12.6. The summed E-state index contributed by atoms with van der Waals surface area (Å²) in [6.45, 7) is 0. The molecule has 3 heterocycles. The first-order chi connectivity index (χ1) is 10.8. The maximum absolute atomic E-state index is 9.03. The molecule has 5 nitrogen and oxygen atoms in total. The van der Waals surface area contributed by atoms with Gasteiger partial charge in [-0.2, -0.15) is 10.4 Å². The fraction of sp³-hybridized carbons (Fsp3) is 0.118. The lowest BCUT2D eigenvalue weighted by Crippen LogP contribution is -1.98. The van der Waals surface area contributed by atoms with E-state index >= 15 is 0 Å². The molecule has 106 valence electrons. The van der Waals surface area contributed by atoms with E-state index in [9.17, 15) is 0 Å². The van der Waals surface area contributed by atoms with Crippen LogP contribution in [0.2, 0.25) is 0 Å². The van der Waals surface area contributed by atoms with Crippen LogP contribution in [0.3, 0.4) is 0 Å². The maximum atomic E-state index is 9.03. The Labute approximate surface area is 127 Å². The molecule has 0 radical (unpaired) electrons. The van der Waals surface area contributed by atoms with Gasteiger partial charge in [-0.1, -0.05) is 6.08 Å². The lowest BCUT2D eigenvalue weighted by Gasteiger charge is -2.08. The first-order valence-corrected chi connectivity index (χ1v) is 7.14. The Kier molecular flexibility index (Phi) is 2.87. The average molecular weight is 287 g/mol. The Morgan fingerprint density at radius 2 is 2.23 bits per heavy atom. The molecule has 0 aromatic carbocycles. The van der Waals surface area contributed by atoms with Crippen LogP contribution in [-0.4, -0.2) is 19.7 Å². The molecule has 1 N–H and O–H groups in total. The van der Waals surface area contributed by atoms with Crippen LogP contribution in [0.1, 0.15) is 18.5 Å². The zero-order chi connectivity index (χ0) is 14.9. The Morgan fingerprint density at radius 1 is 1.27 bits per heavy atom. The minimum atomic E-state index is 0.715. The molecule has 4 rings (SSSR count). The normalized spacial score (nSPS) is 14.5. The Morgan fingerprint density at radius 3 is 3.14 bits per heavy atom. The minimum Gasteiger partial charge on any atom is -0.346 e. The summed E-state index contributed by atoms with van der Waals surface area (Å²) >= 11 is 0. The van der Waals surface area contributed by atoms with E-state index in [1.165, 1.54) is 0 Å². The minimum absolute atomic E-state index is 0.715. The number of fused-ring (bicyclic) bond motifs is 1. The smallest absolute Gasteiger partial charge is 0.139 e.